The van der Waals surface area contributed by atoms with E-state index in [1.54, 1.807) is 0 Å². The Balaban J connectivity index is 3.14. The van der Waals surface area contributed by atoms with Crippen LogP contribution in [0, 0.1) is 0 Å². The van der Waals surface area contributed by atoms with Crippen molar-refractivity contribution < 1.29 is 4.48 Å². The topological polar surface area (TPSA) is 0 Å². The van der Waals surface area contributed by atoms with Crippen molar-refractivity contribution in [3.05, 3.63) is 48.6 Å². The molecule has 19 heavy (non-hydrogen) atoms. The van der Waals surface area contributed by atoms with Crippen LogP contribution in [0.2, 0.25) is 0 Å². The van der Waals surface area contributed by atoms with Gasteiger partial charge >= 0.3 is 0 Å². The molecule has 0 saturated heterocycles. The molecule has 0 fully saturated rings. The van der Waals surface area contributed by atoms with E-state index in [1.165, 1.54) is 44.5 Å². The number of quaternary nitrogens is 1. The van der Waals surface area contributed by atoms with E-state index in [4.69, 9.17) is 0 Å². The molecule has 1 atom stereocenters. The number of hydrogen-bond acceptors (Lipinski definition) is 0. The van der Waals surface area contributed by atoms with E-state index in [9.17, 15) is 0 Å². The van der Waals surface area contributed by atoms with Crippen LogP contribution in [-0.4, -0.2) is 24.1 Å². The molecule has 0 radical (unpaired) electrons. The zero-order chi connectivity index (χ0) is 14.1. The lowest BCUT2D eigenvalue weighted by Crippen LogP contribution is -2.51. The minimum atomic E-state index is 0.432. The molecule has 0 aromatic heterocycles. The molecule has 1 aromatic carbocycles. The molecular weight excluding hydrogens is 230 g/mol. The number of benzene rings is 1. The average molecular weight is 260 g/mol. The van der Waals surface area contributed by atoms with Crippen molar-refractivity contribution >= 4 is 0 Å². The monoisotopic (exact) mass is 260 g/mol. The third-order valence-corrected chi connectivity index (χ3v) is 3.96. The quantitative estimate of drug-likeness (QED) is 0.435. The van der Waals surface area contributed by atoms with Gasteiger partial charge in [0.2, 0.25) is 0 Å². The Labute approximate surface area is 119 Å². The second kappa shape index (κ2) is 8.16. The SMILES string of the molecule is C=CC(c1ccccc1)[N+](CCC)(CCC)CCC. The van der Waals surface area contributed by atoms with Crippen molar-refractivity contribution in [2.75, 3.05) is 19.6 Å². The fourth-order valence-corrected chi connectivity index (χ4v) is 3.41. The number of nitrogens with zero attached hydrogens (tertiary/aromatic N) is 1. The largest absolute Gasteiger partial charge is 0.314 e. The Kier molecular flexibility index (Phi) is 6.86. The summed E-state index contributed by atoms with van der Waals surface area (Å²) in [5.74, 6) is 0. The molecule has 0 aliphatic heterocycles. The summed E-state index contributed by atoms with van der Waals surface area (Å²) in [4.78, 5) is 0. The highest BCUT2D eigenvalue weighted by Crippen LogP contribution is 2.31. The minimum Gasteiger partial charge on any atom is -0.314 e. The summed E-state index contributed by atoms with van der Waals surface area (Å²) in [6.07, 6.45) is 5.86. The van der Waals surface area contributed by atoms with Gasteiger partial charge in [-0.2, -0.15) is 0 Å². The molecule has 0 aliphatic rings. The fraction of sp³-hybridized carbons (Fsp3) is 0.556. The number of hydrogen-bond donors (Lipinski definition) is 0. The van der Waals surface area contributed by atoms with Gasteiger partial charge in [0.05, 0.1) is 19.6 Å². The third-order valence-electron chi connectivity index (χ3n) is 3.96. The summed E-state index contributed by atoms with van der Waals surface area (Å²) < 4.78 is 1.16. The molecular formula is C18H30N+. The summed E-state index contributed by atoms with van der Waals surface area (Å²) in [6, 6.07) is 11.3. The van der Waals surface area contributed by atoms with Gasteiger partial charge in [-0.1, -0.05) is 57.7 Å². The standard InChI is InChI=1S/C18H30N/c1-5-14-19(15-6-2,16-7-3)18(8-4)17-12-10-9-11-13-17/h8-13,18H,4-7,14-16H2,1-3H3/q+1. The second-order valence-electron chi connectivity index (χ2n) is 5.48. The van der Waals surface area contributed by atoms with Crippen molar-refractivity contribution in [2.24, 2.45) is 0 Å². The average Bonchev–Trinajstić information content (AvgIpc) is 2.41. The Hall–Kier alpha value is -1.08. The summed E-state index contributed by atoms with van der Waals surface area (Å²) in [5, 5.41) is 0. The van der Waals surface area contributed by atoms with Crippen LogP contribution in [0.5, 0.6) is 0 Å². The molecule has 1 rings (SSSR count). The van der Waals surface area contributed by atoms with Crippen LogP contribution in [0.25, 0.3) is 0 Å². The third kappa shape index (κ3) is 3.94. The molecule has 0 spiro atoms. The van der Waals surface area contributed by atoms with E-state index in [0.29, 0.717) is 6.04 Å². The van der Waals surface area contributed by atoms with E-state index in [-0.39, 0.29) is 0 Å². The second-order valence-corrected chi connectivity index (χ2v) is 5.48. The maximum absolute atomic E-state index is 4.13. The lowest BCUT2D eigenvalue weighted by Gasteiger charge is -2.44. The van der Waals surface area contributed by atoms with E-state index >= 15 is 0 Å². The Morgan fingerprint density at radius 3 is 1.79 bits per heavy atom. The van der Waals surface area contributed by atoms with Crippen molar-refractivity contribution in [3.63, 3.8) is 0 Å². The lowest BCUT2D eigenvalue weighted by atomic mass is 10.0. The van der Waals surface area contributed by atoms with Gasteiger partial charge in [-0.15, -0.1) is 0 Å². The molecule has 1 unspecified atom stereocenters. The van der Waals surface area contributed by atoms with E-state index < -0.39 is 0 Å². The fourth-order valence-electron chi connectivity index (χ4n) is 3.41. The molecule has 106 valence electrons. The Morgan fingerprint density at radius 1 is 0.947 bits per heavy atom. The maximum atomic E-state index is 4.13. The van der Waals surface area contributed by atoms with Crippen molar-refractivity contribution in [1.29, 1.82) is 0 Å². The van der Waals surface area contributed by atoms with Gasteiger partial charge in [-0.3, -0.25) is 0 Å². The normalized spacial score (nSPS) is 13.2. The van der Waals surface area contributed by atoms with Gasteiger partial charge < -0.3 is 4.48 Å². The van der Waals surface area contributed by atoms with Crippen LogP contribution in [0.1, 0.15) is 51.6 Å². The smallest absolute Gasteiger partial charge is 0.133 e. The van der Waals surface area contributed by atoms with Crippen LogP contribution >= 0.6 is 0 Å². The van der Waals surface area contributed by atoms with Crippen molar-refractivity contribution in [1.82, 2.24) is 0 Å². The zero-order valence-corrected chi connectivity index (χ0v) is 12.9. The first-order chi connectivity index (χ1) is 9.24. The molecule has 1 heteroatoms. The number of rotatable bonds is 9. The first kappa shape index (κ1) is 16.0. The van der Waals surface area contributed by atoms with Crippen LogP contribution in [0.4, 0.5) is 0 Å². The van der Waals surface area contributed by atoms with E-state index in [1.807, 2.05) is 0 Å². The van der Waals surface area contributed by atoms with Crippen molar-refractivity contribution in [3.8, 4) is 0 Å². The van der Waals surface area contributed by atoms with Gasteiger partial charge in [0, 0.05) is 5.56 Å². The minimum absolute atomic E-state index is 0.432. The molecule has 0 bridgehead atoms. The van der Waals surface area contributed by atoms with Gasteiger partial charge in [-0.25, -0.2) is 0 Å². The predicted molar refractivity (Wildman–Crippen MR) is 85.1 cm³/mol. The molecule has 1 aromatic rings. The molecule has 0 aliphatic carbocycles. The highest BCUT2D eigenvalue weighted by molar-refractivity contribution is 5.20. The molecule has 0 N–H and O–H groups in total. The lowest BCUT2D eigenvalue weighted by molar-refractivity contribution is -0.951. The summed E-state index contributed by atoms with van der Waals surface area (Å²) in [7, 11) is 0. The Bertz CT molecular complexity index is 338. The van der Waals surface area contributed by atoms with Crippen molar-refractivity contribution in [2.45, 2.75) is 46.1 Å². The molecule has 0 amide bonds. The van der Waals surface area contributed by atoms with Gasteiger partial charge in [0.1, 0.15) is 6.04 Å². The van der Waals surface area contributed by atoms with Crippen LogP contribution in [-0.2, 0) is 0 Å². The highest BCUT2D eigenvalue weighted by Gasteiger charge is 2.33. The Morgan fingerprint density at radius 2 is 1.42 bits per heavy atom. The zero-order valence-electron chi connectivity index (χ0n) is 12.9. The van der Waals surface area contributed by atoms with E-state index in [2.05, 4.69) is 63.8 Å². The highest BCUT2D eigenvalue weighted by atomic mass is 15.4. The maximum Gasteiger partial charge on any atom is 0.133 e. The summed E-state index contributed by atoms with van der Waals surface area (Å²) >= 11 is 0. The van der Waals surface area contributed by atoms with Crippen LogP contribution in [0.3, 0.4) is 0 Å². The molecule has 1 nitrogen and oxygen atoms in total. The van der Waals surface area contributed by atoms with Gasteiger partial charge in [0.25, 0.3) is 0 Å². The van der Waals surface area contributed by atoms with Crippen LogP contribution in [0.15, 0.2) is 43.0 Å². The van der Waals surface area contributed by atoms with Gasteiger partial charge in [0.15, 0.2) is 0 Å². The summed E-state index contributed by atoms with van der Waals surface area (Å²) in [5.41, 5.74) is 1.41. The predicted octanol–water partition coefficient (Wildman–Crippen LogP) is 4.96. The summed E-state index contributed by atoms with van der Waals surface area (Å²) in [6.45, 7) is 14.7. The molecule has 0 saturated carbocycles. The van der Waals surface area contributed by atoms with Gasteiger partial charge in [-0.05, 0) is 25.3 Å². The van der Waals surface area contributed by atoms with Crippen LogP contribution < -0.4 is 0 Å². The first-order valence-corrected chi connectivity index (χ1v) is 7.77. The molecule has 0 heterocycles. The first-order valence-electron chi connectivity index (χ1n) is 7.77. The van der Waals surface area contributed by atoms with E-state index in [0.717, 1.165) is 4.48 Å².